The molecule has 1 rings (SSSR count). The Hall–Kier alpha value is -2.02. The van der Waals surface area contributed by atoms with Crippen LogP contribution in [0.5, 0.6) is 0 Å². The van der Waals surface area contributed by atoms with Crippen molar-refractivity contribution in [2.45, 2.75) is 52.1 Å². The smallest absolute Gasteiger partial charge is 0.408 e. The number of nitrogens with zero attached hydrogens (tertiary/aromatic N) is 2. The Morgan fingerprint density at radius 1 is 1.25 bits per heavy atom. The molecule has 1 amide bonds. The molecule has 0 atom stereocenters. The molecule has 0 aliphatic heterocycles. The molecule has 1 N–H and O–H groups in total. The molecule has 4 nitrogen and oxygen atoms in total. The summed E-state index contributed by atoms with van der Waals surface area (Å²) in [7, 11) is 0. The molecule has 4 heteroatoms. The first-order chi connectivity index (χ1) is 9.34. The molecule has 0 heterocycles. The average Bonchev–Trinajstić information content (AvgIpc) is 2.36. The lowest BCUT2D eigenvalue weighted by atomic mass is 10.0. The van der Waals surface area contributed by atoms with Gasteiger partial charge in [0.1, 0.15) is 0 Å². The van der Waals surface area contributed by atoms with Crippen LogP contribution < -0.4 is 0 Å². The monoisotopic (exact) mass is 274 g/mol. The Morgan fingerprint density at radius 2 is 1.80 bits per heavy atom. The summed E-state index contributed by atoms with van der Waals surface area (Å²) in [5.41, 5.74) is 1.74. The lowest BCUT2D eigenvalue weighted by Gasteiger charge is -2.33. The summed E-state index contributed by atoms with van der Waals surface area (Å²) in [6.45, 7) is 6.05. The normalized spacial score (nSPS) is 10.9. The van der Waals surface area contributed by atoms with Crippen LogP contribution in [0.15, 0.2) is 24.3 Å². The molecule has 0 aliphatic rings. The van der Waals surface area contributed by atoms with Crippen molar-refractivity contribution in [1.82, 2.24) is 4.90 Å². The highest BCUT2D eigenvalue weighted by Gasteiger charge is 2.25. The predicted octanol–water partition coefficient (Wildman–Crippen LogP) is 3.81. The van der Waals surface area contributed by atoms with E-state index in [-0.39, 0.29) is 0 Å². The molecule has 0 bridgehead atoms. The Labute approximate surface area is 120 Å². The van der Waals surface area contributed by atoms with Crippen LogP contribution in [0.2, 0.25) is 0 Å². The van der Waals surface area contributed by atoms with Gasteiger partial charge in [-0.15, -0.1) is 0 Å². The van der Waals surface area contributed by atoms with Gasteiger partial charge in [0, 0.05) is 18.5 Å². The van der Waals surface area contributed by atoms with Crippen LogP contribution >= 0.6 is 0 Å². The quantitative estimate of drug-likeness (QED) is 0.830. The van der Waals surface area contributed by atoms with E-state index in [1.807, 2.05) is 45.0 Å². The number of carbonyl (C=O) groups is 1. The van der Waals surface area contributed by atoms with Crippen LogP contribution in [-0.2, 0) is 13.0 Å². The summed E-state index contributed by atoms with van der Waals surface area (Å²) >= 11 is 0. The first-order valence-corrected chi connectivity index (χ1v) is 6.80. The zero-order chi connectivity index (χ0) is 15.2. The molecule has 1 aromatic carbocycles. The fourth-order valence-corrected chi connectivity index (χ4v) is 1.96. The van der Waals surface area contributed by atoms with Crippen molar-refractivity contribution >= 4 is 6.09 Å². The van der Waals surface area contributed by atoms with E-state index in [1.165, 1.54) is 10.5 Å². The minimum atomic E-state index is -0.907. The zero-order valence-corrected chi connectivity index (χ0v) is 12.4. The van der Waals surface area contributed by atoms with Crippen LogP contribution in [0.25, 0.3) is 0 Å². The van der Waals surface area contributed by atoms with Gasteiger partial charge in [-0.05, 0) is 44.7 Å². The van der Waals surface area contributed by atoms with Gasteiger partial charge in [-0.25, -0.2) is 4.79 Å². The Bertz CT molecular complexity index is 481. The summed E-state index contributed by atoms with van der Waals surface area (Å²) in [5.74, 6) is 0. The minimum absolute atomic E-state index is 0.386. The Kier molecular flexibility index (Phi) is 5.57. The van der Waals surface area contributed by atoms with Gasteiger partial charge in [0.15, 0.2) is 0 Å². The van der Waals surface area contributed by atoms with E-state index < -0.39 is 11.6 Å². The van der Waals surface area contributed by atoms with Gasteiger partial charge in [-0.3, -0.25) is 4.90 Å². The lowest BCUT2D eigenvalue weighted by Crippen LogP contribution is -2.44. The minimum Gasteiger partial charge on any atom is -0.465 e. The van der Waals surface area contributed by atoms with E-state index >= 15 is 0 Å². The molecule has 0 saturated carbocycles. The number of amides is 1. The number of benzene rings is 1. The summed E-state index contributed by atoms with van der Waals surface area (Å²) in [4.78, 5) is 12.7. The standard InChI is InChI=1S/C16H22N2O2/c1-16(2,3)18(15(19)20)12-14-9-7-13(8-10-14)6-4-5-11-17/h7-10H,4-6,12H2,1-3H3,(H,19,20). The zero-order valence-electron chi connectivity index (χ0n) is 12.4. The molecule has 0 unspecified atom stereocenters. The number of carboxylic acid groups (broad SMARTS) is 1. The number of hydrogen-bond donors (Lipinski definition) is 1. The third kappa shape index (κ3) is 4.93. The summed E-state index contributed by atoms with van der Waals surface area (Å²) in [5, 5.41) is 17.8. The highest BCUT2D eigenvalue weighted by Crippen LogP contribution is 2.18. The number of nitriles is 1. The van der Waals surface area contributed by atoms with Crippen LogP contribution in [0, 0.1) is 11.3 Å². The predicted molar refractivity (Wildman–Crippen MR) is 78.3 cm³/mol. The second kappa shape index (κ2) is 6.95. The van der Waals surface area contributed by atoms with E-state index in [0.29, 0.717) is 13.0 Å². The van der Waals surface area contributed by atoms with Crippen molar-refractivity contribution in [2.24, 2.45) is 0 Å². The largest absolute Gasteiger partial charge is 0.465 e. The average molecular weight is 274 g/mol. The summed E-state index contributed by atoms with van der Waals surface area (Å²) in [6.07, 6.45) is 1.41. The highest BCUT2D eigenvalue weighted by atomic mass is 16.4. The van der Waals surface area contributed by atoms with Gasteiger partial charge in [0.05, 0.1) is 6.07 Å². The maximum absolute atomic E-state index is 11.3. The first kappa shape index (κ1) is 16.0. The van der Waals surface area contributed by atoms with E-state index in [2.05, 4.69) is 6.07 Å². The summed E-state index contributed by atoms with van der Waals surface area (Å²) in [6, 6.07) is 10.1. The van der Waals surface area contributed by atoms with Gasteiger partial charge in [-0.1, -0.05) is 24.3 Å². The third-order valence-corrected chi connectivity index (χ3v) is 3.16. The molecular formula is C16H22N2O2. The summed E-state index contributed by atoms with van der Waals surface area (Å²) < 4.78 is 0. The van der Waals surface area contributed by atoms with Gasteiger partial charge in [0.2, 0.25) is 0 Å². The maximum Gasteiger partial charge on any atom is 0.408 e. The fourth-order valence-electron chi connectivity index (χ4n) is 1.96. The van der Waals surface area contributed by atoms with Crippen LogP contribution in [0.1, 0.15) is 44.7 Å². The third-order valence-electron chi connectivity index (χ3n) is 3.16. The SMILES string of the molecule is CC(C)(C)N(Cc1ccc(CCCC#N)cc1)C(=O)O. The molecule has 108 valence electrons. The molecular weight excluding hydrogens is 252 g/mol. The molecule has 0 saturated heterocycles. The maximum atomic E-state index is 11.3. The molecule has 0 aliphatic carbocycles. The number of hydrogen-bond acceptors (Lipinski definition) is 2. The number of unbranched alkanes of at least 4 members (excludes halogenated alkanes) is 1. The van der Waals surface area contributed by atoms with Gasteiger partial charge >= 0.3 is 6.09 Å². The fraction of sp³-hybridized carbons (Fsp3) is 0.500. The van der Waals surface area contributed by atoms with Gasteiger partial charge in [-0.2, -0.15) is 5.26 Å². The van der Waals surface area contributed by atoms with Crippen LogP contribution in [0.3, 0.4) is 0 Å². The molecule has 0 radical (unpaired) electrons. The second-order valence-corrected chi connectivity index (χ2v) is 5.87. The molecule has 1 aromatic rings. The van der Waals surface area contributed by atoms with Gasteiger partial charge < -0.3 is 5.11 Å². The molecule has 20 heavy (non-hydrogen) atoms. The van der Waals surface area contributed by atoms with E-state index in [1.54, 1.807) is 0 Å². The number of aryl methyl sites for hydroxylation is 1. The van der Waals surface area contributed by atoms with Crippen molar-refractivity contribution in [2.75, 3.05) is 0 Å². The van der Waals surface area contributed by atoms with E-state index in [0.717, 1.165) is 18.4 Å². The lowest BCUT2D eigenvalue weighted by molar-refractivity contribution is 0.0955. The van der Waals surface area contributed by atoms with Crippen LogP contribution in [-0.4, -0.2) is 21.6 Å². The molecule has 0 fully saturated rings. The second-order valence-electron chi connectivity index (χ2n) is 5.87. The highest BCUT2D eigenvalue weighted by molar-refractivity contribution is 5.66. The number of rotatable bonds is 5. The molecule has 0 aromatic heterocycles. The van der Waals surface area contributed by atoms with Crippen molar-refractivity contribution in [3.8, 4) is 6.07 Å². The molecule has 0 spiro atoms. The Morgan fingerprint density at radius 3 is 2.25 bits per heavy atom. The topological polar surface area (TPSA) is 64.3 Å². The van der Waals surface area contributed by atoms with Crippen molar-refractivity contribution < 1.29 is 9.90 Å². The van der Waals surface area contributed by atoms with Crippen molar-refractivity contribution in [3.05, 3.63) is 35.4 Å². The van der Waals surface area contributed by atoms with Crippen molar-refractivity contribution in [1.29, 1.82) is 5.26 Å². The Balaban J connectivity index is 2.69. The first-order valence-electron chi connectivity index (χ1n) is 6.80. The van der Waals surface area contributed by atoms with E-state index in [9.17, 15) is 9.90 Å². The van der Waals surface area contributed by atoms with E-state index in [4.69, 9.17) is 5.26 Å². The van der Waals surface area contributed by atoms with Gasteiger partial charge in [0.25, 0.3) is 0 Å². The van der Waals surface area contributed by atoms with Crippen LogP contribution in [0.4, 0.5) is 4.79 Å². The van der Waals surface area contributed by atoms with Crippen molar-refractivity contribution in [3.63, 3.8) is 0 Å².